The molecule has 0 unspecified atom stereocenters. The fourth-order valence-electron chi connectivity index (χ4n) is 8.61. The van der Waals surface area contributed by atoms with Gasteiger partial charge in [0.15, 0.2) is 0 Å². The van der Waals surface area contributed by atoms with Crippen LogP contribution in [-0.4, -0.2) is 9.97 Å². The van der Waals surface area contributed by atoms with Crippen molar-refractivity contribution in [3.8, 4) is 22.4 Å². The van der Waals surface area contributed by atoms with E-state index in [1.807, 2.05) is 12.2 Å². The van der Waals surface area contributed by atoms with Gasteiger partial charge in [0.1, 0.15) is 0 Å². The number of aryl methyl sites for hydroxylation is 2. The Labute approximate surface area is 316 Å². The van der Waals surface area contributed by atoms with E-state index in [9.17, 15) is 0 Å². The van der Waals surface area contributed by atoms with Crippen molar-refractivity contribution in [3.05, 3.63) is 168 Å². The minimum atomic E-state index is 0.956. The number of hydrogen-bond acceptors (Lipinski definition) is 2. The topological polar surface area (TPSA) is 25.8 Å². The highest BCUT2D eigenvalue weighted by atomic mass is 14.7. The van der Waals surface area contributed by atoms with Crippen molar-refractivity contribution in [2.24, 2.45) is 0 Å². The highest BCUT2D eigenvalue weighted by Crippen LogP contribution is 2.48. The van der Waals surface area contributed by atoms with Crippen LogP contribution in [-0.2, 0) is 0 Å². The zero-order chi connectivity index (χ0) is 37.1. The summed E-state index contributed by atoms with van der Waals surface area (Å²) in [6.07, 6.45) is 12.4. The van der Waals surface area contributed by atoms with Crippen molar-refractivity contribution in [1.82, 2.24) is 9.97 Å². The third kappa shape index (κ3) is 5.02. The number of benzene rings is 7. The molecule has 0 amide bonds. The van der Waals surface area contributed by atoms with Gasteiger partial charge < -0.3 is 0 Å². The Morgan fingerprint density at radius 2 is 1.13 bits per heavy atom. The van der Waals surface area contributed by atoms with Gasteiger partial charge in [0.05, 0.1) is 16.7 Å². The normalized spacial score (nSPS) is 12.1. The summed E-state index contributed by atoms with van der Waals surface area (Å²) in [7, 11) is 0. The first-order valence-electron chi connectivity index (χ1n) is 18.6. The molecule has 2 nitrogen and oxygen atoms in total. The van der Waals surface area contributed by atoms with Gasteiger partial charge in [-0.3, -0.25) is 4.98 Å². The summed E-state index contributed by atoms with van der Waals surface area (Å²) in [5, 5.41) is 11.5. The largest absolute Gasteiger partial charge is 0.252 e. The Balaban J connectivity index is 1.47. The fourth-order valence-corrected chi connectivity index (χ4v) is 8.61. The van der Waals surface area contributed by atoms with E-state index in [1.54, 1.807) is 0 Å². The number of nitrogens with zero attached hydrogens (tertiary/aromatic N) is 2. The molecule has 9 rings (SSSR count). The van der Waals surface area contributed by atoms with Crippen LogP contribution in [0.2, 0.25) is 0 Å². The average Bonchev–Trinajstić information content (AvgIpc) is 3.20. The number of pyridine rings is 2. The first-order chi connectivity index (χ1) is 26.4. The van der Waals surface area contributed by atoms with Gasteiger partial charge in [-0.2, -0.15) is 0 Å². The van der Waals surface area contributed by atoms with Gasteiger partial charge in [-0.15, -0.1) is 0 Å². The summed E-state index contributed by atoms with van der Waals surface area (Å²) in [6, 6.07) is 40.0. The van der Waals surface area contributed by atoms with Gasteiger partial charge in [0, 0.05) is 38.2 Å². The Morgan fingerprint density at radius 3 is 1.76 bits per heavy atom. The Kier molecular flexibility index (Phi) is 8.05. The van der Waals surface area contributed by atoms with E-state index in [1.165, 1.54) is 38.4 Å². The van der Waals surface area contributed by atoms with Crippen LogP contribution in [0.25, 0.3) is 112 Å². The predicted octanol–water partition coefficient (Wildman–Crippen LogP) is 14.7. The van der Waals surface area contributed by atoms with E-state index >= 15 is 0 Å². The second-order valence-electron chi connectivity index (χ2n) is 14.1. The maximum Gasteiger partial charge on any atom is 0.0800 e. The number of hydrogen-bond donors (Lipinski definition) is 0. The van der Waals surface area contributed by atoms with Crippen LogP contribution in [0.15, 0.2) is 135 Å². The van der Waals surface area contributed by atoms with E-state index in [0.29, 0.717) is 0 Å². The quantitative estimate of drug-likeness (QED) is 0.128. The third-order valence-corrected chi connectivity index (χ3v) is 11.0. The van der Waals surface area contributed by atoms with Crippen LogP contribution in [0.4, 0.5) is 0 Å². The van der Waals surface area contributed by atoms with Gasteiger partial charge in [0.2, 0.25) is 0 Å². The number of allylic oxidation sites excluding steroid dienone is 2. The van der Waals surface area contributed by atoms with Crippen molar-refractivity contribution in [2.75, 3.05) is 0 Å². The molecule has 0 aliphatic carbocycles. The monoisotopic (exact) mass is 692 g/mol. The lowest BCUT2D eigenvalue weighted by atomic mass is 9.83. The van der Waals surface area contributed by atoms with Crippen LogP contribution in [0.1, 0.15) is 47.4 Å². The smallest absolute Gasteiger partial charge is 0.0800 e. The molecule has 2 heterocycles. The molecule has 0 aliphatic rings. The summed E-state index contributed by atoms with van der Waals surface area (Å²) in [5.41, 5.74) is 13.2. The molecule has 0 aliphatic heterocycles. The number of fused-ring (bicyclic) bond motifs is 8. The molecule has 0 saturated carbocycles. The van der Waals surface area contributed by atoms with Crippen LogP contribution < -0.4 is 0 Å². The standard InChI is InChI=1S/C52H40N2/c1-7-17-34-30-47-46(27-31(34)5)48-37(10-4)33(9-3)25-26-44(48)52(54-47)50-41-22-14-12-20-39(41)49(40-21-13-15-23-42(40)50)45-29-36-28-35(18-8-2)32(6)53-51(36)43-24-16-11-19-38(43)45/h7-30H,3-4H2,1-2,5-6H3/b17-7-,18-8-. The van der Waals surface area contributed by atoms with E-state index in [-0.39, 0.29) is 0 Å². The minimum Gasteiger partial charge on any atom is -0.252 e. The second-order valence-corrected chi connectivity index (χ2v) is 14.1. The van der Waals surface area contributed by atoms with Gasteiger partial charge in [-0.05, 0) is 118 Å². The lowest BCUT2D eigenvalue weighted by Crippen LogP contribution is -1.98. The summed E-state index contributed by atoms with van der Waals surface area (Å²) in [4.78, 5) is 10.8. The van der Waals surface area contributed by atoms with Crippen LogP contribution in [0.5, 0.6) is 0 Å². The number of rotatable bonds is 6. The molecule has 0 spiro atoms. The Morgan fingerprint density at radius 1 is 0.519 bits per heavy atom. The van der Waals surface area contributed by atoms with Crippen molar-refractivity contribution in [1.29, 1.82) is 0 Å². The van der Waals surface area contributed by atoms with Crippen molar-refractivity contribution < 1.29 is 0 Å². The Hall–Kier alpha value is -6.64. The molecule has 0 atom stereocenters. The summed E-state index contributed by atoms with van der Waals surface area (Å²) >= 11 is 0. The highest BCUT2D eigenvalue weighted by molar-refractivity contribution is 6.28. The van der Waals surface area contributed by atoms with E-state index < -0.39 is 0 Å². The zero-order valence-corrected chi connectivity index (χ0v) is 31.2. The van der Waals surface area contributed by atoms with Crippen molar-refractivity contribution in [3.63, 3.8) is 0 Å². The SMILES string of the molecule is C=Cc1ccc2c(-c3c4ccccc4c(-c4cc5cc(/C=C\C)c(C)nc5c5ccccc45)c4ccccc34)nc3cc(/C=C\C)c(C)cc3c2c1C=C. The molecule has 54 heavy (non-hydrogen) atoms. The molecule has 2 heteroatoms. The minimum absolute atomic E-state index is 0.956. The average molecular weight is 693 g/mol. The lowest BCUT2D eigenvalue weighted by molar-refractivity contribution is 1.25. The van der Waals surface area contributed by atoms with E-state index in [2.05, 4.69) is 174 Å². The van der Waals surface area contributed by atoms with Gasteiger partial charge in [-0.1, -0.05) is 135 Å². The van der Waals surface area contributed by atoms with E-state index in [4.69, 9.17) is 9.97 Å². The van der Waals surface area contributed by atoms with Crippen molar-refractivity contribution in [2.45, 2.75) is 27.7 Å². The molecule has 7 aromatic carbocycles. The molecule has 0 radical (unpaired) electrons. The third-order valence-electron chi connectivity index (χ3n) is 11.0. The van der Waals surface area contributed by atoms with Crippen LogP contribution >= 0.6 is 0 Å². The summed E-state index contributed by atoms with van der Waals surface area (Å²) in [5.74, 6) is 0. The van der Waals surface area contributed by atoms with Gasteiger partial charge >= 0.3 is 0 Å². The van der Waals surface area contributed by atoms with Gasteiger partial charge in [0.25, 0.3) is 0 Å². The first-order valence-corrected chi connectivity index (χ1v) is 18.6. The summed E-state index contributed by atoms with van der Waals surface area (Å²) < 4.78 is 0. The molecular weight excluding hydrogens is 653 g/mol. The molecule has 0 N–H and O–H groups in total. The Bertz CT molecular complexity index is 3060. The first kappa shape index (κ1) is 33.2. The molecule has 258 valence electrons. The molecule has 9 aromatic rings. The van der Waals surface area contributed by atoms with Crippen LogP contribution in [0.3, 0.4) is 0 Å². The molecule has 0 bridgehead atoms. The highest BCUT2D eigenvalue weighted by Gasteiger charge is 2.23. The molecule has 0 fully saturated rings. The molecule has 2 aromatic heterocycles. The maximum atomic E-state index is 5.61. The van der Waals surface area contributed by atoms with Crippen LogP contribution in [0, 0.1) is 13.8 Å². The van der Waals surface area contributed by atoms with E-state index in [0.717, 1.165) is 82.4 Å². The molecule has 0 saturated heterocycles. The predicted molar refractivity (Wildman–Crippen MR) is 237 cm³/mol. The van der Waals surface area contributed by atoms with Gasteiger partial charge in [-0.25, -0.2) is 4.98 Å². The zero-order valence-electron chi connectivity index (χ0n) is 31.2. The second kappa shape index (κ2) is 13.1. The van der Waals surface area contributed by atoms with Crippen molar-refractivity contribution >= 4 is 89.2 Å². The molecular formula is C52H40N2. The fraction of sp³-hybridized carbons (Fsp3) is 0.0769. The maximum absolute atomic E-state index is 5.61. The lowest BCUT2D eigenvalue weighted by Gasteiger charge is -2.21. The number of aromatic nitrogens is 2. The summed E-state index contributed by atoms with van der Waals surface area (Å²) in [6.45, 7) is 16.8.